The number of pyridine rings is 1. The summed E-state index contributed by atoms with van der Waals surface area (Å²) < 4.78 is 0. The Morgan fingerprint density at radius 3 is 2.62 bits per heavy atom. The van der Waals surface area contributed by atoms with Gasteiger partial charge in [0.2, 0.25) is 0 Å². The van der Waals surface area contributed by atoms with Crippen LogP contribution in [0.5, 0.6) is 0 Å². The zero-order valence-electron chi connectivity index (χ0n) is 13.5. The molecule has 4 bridgehead atoms. The van der Waals surface area contributed by atoms with Crippen LogP contribution in [0.2, 0.25) is 0 Å². The lowest BCUT2D eigenvalue weighted by atomic mass is 9.52. The number of carbonyl (C=O) groups is 1. The molecule has 0 aliphatic heterocycles. The highest BCUT2D eigenvalue weighted by molar-refractivity contribution is 5.98. The minimum absolute atomic E-state index is 0.230. The number of hydrogen-bond donors (Lipinski definition) is 5. The second kappa shape index (κ2) is 5.60. The molecule has 0 aromatic carbocycles. The van der Waals surface area contributed by atoms with Gasteiger partial charge >= 0.3 is 0 Å². The van der Waals surface area contributed by atoms with Crippen LogP contribution in [-0.2, 0) is 0 Å². The van der Waals surface area contributed by atoms with E-state index in [1.165, 1.54) is 6.20 Å². The number of nitrogens with zero attached hydrogens (tertiary/aromatic N) is 1. The molecule has 4 aliphatic rings. The lowest BCUT2D eigenvalue weighted by Gasteiger charge is -2.58. The van der Waals surface area contributed by atoms with E-state index in [9.17, 15) is 9.90 Å². The SMILES string of the molecule is NC(=O)c1cnc(NCO)cc1NC1[C@@H]2CC3C[C@H]1CC(O)(C3)C2. The number of aliphatic hydroxyl groups is 2. The van der Waals surface area contributed by atoms with Crippen LogP contribution in [0.3, 0.4) is 0 Å². The first-order valence-corrected chi connectivity index (χ1v) is 8.61. The summed E-state index contributed by atoms with van der Waals surface area (Å²) in [6.45, 7) is -0.230. The Morgan fingerprint density at radius 1 is 1.33 bits per heavy atom. The number of nitrogens with two attached hydrogens (primary N) is 1. The number of hydrogen-bond acceptors (Lipinski definition) is 6. The third kappa shape index (κ3) is 2.61. The van der Waals surface area contributed by atoms with E-state index in [0.717, 1.165) is 32.1 Å². The number of rotatable bonds is 5. The molecule has 0 radical (unpaired) electrons. The maximum atomic E-state index is 11.7. The van der Waals surface area contributed by atoms with Gasteiger partial charge in [-0.1, -0.05) is 0 Å². The summed E-state index contributed by atoms with van der Waals surface area (Å²) in [7, 11) is 0. The van der Waals surface area contributed by atoms with Crippen molar-refractivity contribution in [1.82, 2.24) is 4.98 Å². The van der Waals surface area contributed by atoms with Gasteiger partial charge in [0.15, 0.2) is 0 Å². The molecule has 1 heterocycles. The molecule has 4 aliphatic carbocycles. The van der Waals surface area contributed by atoms with Gasteiger partial charge in [-0.15, -0.1) is 0 Å². The predicted molar refractivity (Wildman–Crippen MR) is 89.4 cm³/mol. The van der Waals surface area contributed by atoms with E-state index in [1.54, 1.807) is 6.07 Å². The molecule has 0 spiro atoms. The van der Waals surface area contributed by atoms with E-state index in [4.69, 9.17) is 10.8 Å². The Kier molecular flexibility index (Phi) is 3.65. The normalized spacial score (nSPS) is 36.6. The van der Waals surface area contributed by atoms with Gasteiger partial charge in [0.25, 0.3) is 5.91 Å². The summed E-state index contributed by atoms with van der Waals surface area (Å²) in [6, 6.07) is 1.96. The molecule has 130 valence electrons. The molecular formula is C17H24N4O3. The van der Waals surface area contributed by atoms with Crippen LogP contribution < -0.4 is 16.4 Å². The molecule has 3 unspecified atom stereocenters. The van der Waals surface area contributed by atoms with Gasteiger partial charge in [0, 0.05) is 18.3 Å². The van der Waals surface area contributed by atoms with E-state index >= 15 is 0 Å². The molecule has 4 fully saturated rings. The first-order valence-electron chi connectivity index (χ1n) is 8.61. The van der Waals surface area contributed by atoms with Crippen molar-refractivity contribution in [2.45, 2.75) is 43.7 Å². The van der Waals surface area contributed by atoms with Crippen LogP contribution in [0.25, 0.3) is 0 Å². The summed E-state index contributed by atoms with van der Waals surface area (Å²) in [6.07, 6.45) is 6.31. The largest absolute Gasteiger partial charge is 0.390 e. The highest BCUT2D eigenvalue weighted by Gasteiger charge is 2.54. The summed E-state index contributed by atoms with van der Waals surface area (Å²) in [5.41, 5.74) is 6.00. The van der Waals surface area contributed by atoms with Crippen molar-refractivity contribution >= 4 is 17.4 Å². The quantitative estimate of drug-likeness (QED) is 0.511. The fourth-order valence-corrected chi connectivity index (χ4v) is 5.35. The van der Waals surface area contributed by atoms with Gasteiger partial charge in [-0.2, -0.15) is 0 Å². The van der Waals surface area contributed by atoms with Gasteiger partial charge in [0.1, 0.15) is 12.5 Å². The summed E-state index contributed by atoms with van der Waals surface area (Å²) in [4.78, 5) is 15.8. The molecule has 6 N–H and O–H groups in total. The molecule has 4 saturated carbocycles. The lowest BCUT2D eigenvalue weighted by Crippen LogP contribution is -2.59. The van der Waals surface area contributed by atoms with Crippen LogP contribution >= 0.6 is 0 Å². The number of aliphatic hydroxyl groups excluding tert-OH is 1. The van der Waals surface area contributed by atoms with Gasteiger partial charge in [-0.25, -0.2) is 4.98 Å². The van der Waals surface area contributed by atoms with Crippen LogP contribution in [-0.4, -0.2) is 39.5 Å². The van der Waals surface area contributed by atoms with Crippen molar-refractivity contribution in [3.05, 3.63) is 17.8 Å². The molecule has 0 saturated heterocycles. The third-order valence-electron chi connectivity index (χ3n) is 5.99. The molecule has 5 atom stereocenters. The van der Waals surface area contributed by atoms with E-state index in [2.05, 4.69) is 15.6 Å². The highest BCUT2D eigenvalue weighted by Crippen LogP contribution is 2.56. The third-order valence-corrected chi connectivity index (χ3v) is 5.99. The highest BCUT2D eigenvalue weighted by atomic mass is 16.3. The van der Waals surface area contributed by atoms with Crippen molar-refractivity contribution < 1.29 is 15.0 Å². The fourth-order valence-electron chi connectivity index (χ4n) is 5.35. The maximum absolute atomic E-state index is 11.7. The average Bonchev–Trinajstić information content (AvgIpc) is 2.49. The molecule has 1 aromatic heterocycles. The minimum atomic E-state index is -0.525. The first-order chi connectivity index (χ1) is 11.5. The van der Waals surface area contributed by atoms with E-state index in [-0.39, 0.29) is 12.8 Å². The number of carbonyl (C=O) groups excluding carboxylic acids is 1. The van der Waals surface area contributed by atoms with Crippen LogP contribution in [0.1, 0.15) is 42.5 Å². The summed E-state index contributed by atoms with van der Waals surface area (Å²) >= 11 is 0. The van der Waals surface area contributed by atoms with Crippen LogP contribution in [0, 0.1) is 17.8 Å². The Bertz CT molecular complexity index is 649. The smallest absolute Gasteiger partial charge is 0.252 e. The van der Waals surface area contributed by atoms with Crippen molar-refractivity contribution in [3.8, 4) is 0 Å². The predicted octanol–water partition coefficient (Wildman–Crippen LogP) is 0.894. The Morgan fingerprint density at radius 2 is 2.04 bits per heavy atom. The van der Waals surface area contributed by atoms with Gasteiger partial charge in [-0.3, -0.25) is 4.79 Å². The maximum Gasteiger partial charge on any atom is 0.252 e. The Balaban J connectivity index is 1.61. The van der Waals surface area contributed by atoms with Crippen LogP contribution in [0.15, 0.2) is 12.3 Å². The van der Waals surface area contributed by atoms with Crippen molar-refractivity contribution in [2.24, 2.45) is 23.5 Å². The molecule has 1 amide bonds. The molecule has 1 aromatic rings. The van der Waals surface area contributed by atoms with E-state index in [0.29, 0.717) is 34.8 Å². The second-order valence-electron chi connectivity index (χ2n) is 7.68. The van der Waals surface area contributed by atoms with Crippen LogP contribution in [0.4, 0.5) is 11.5 Å². The van der Waals surface area contributed by atoms with Crippen molar-refractivity contribution in [2.75, 3.05) is 17.4 Å². The Labute approximate surface area is 140 Å². The van der Waals surface area contributed by atoms with Crippen molar-refractivity contribution in [1.29, 1.82) is 0 Å². The average molecular weight is 332 g/mol. The zero-order valence-corrected chi connectivity index (χ0v) is 13.5. The fraction of sp³-hybridized carbons (Fsp3) is 0.647. The minimum Gasteiger partial charge on any atom is -0.390 e. The topological polar surface area (TPSA) is 121 Å². The van der Waals surface area contributed by atoms with Gasteiger partial charge in [-0.05, 0) is 49.9 Å². The number of nitrogens with one attached hydrogen (secondary N) is 2. The summed E-state index contributed by atoms with van der Waals surface area (Å²) in [5.74, 6) is 1.44. The van der Waals surface area contributed by atoms with Gasteiger partial charge in [0.05, 0.1) is 16.9 Å². The molecule has 7 heteroatoms. The van der Waals surface area contributed by atoms with Gasteiger partial charge < -0.3 is 26.6 Å². The number of primary amides is 1. The van der Waals surface area contributed by atoms with E-state index < -0.39 is 11.5 Å². The molecule has 7 nitrogen and oxygen atoms in total. The number of aromatic nitrogens is 1. The summed E-state index contributed by atoms with van der Waals surface area (Å²) in [5, 5.41) is 26.0. The Hall–Kier alpha value is -1.86. The second-order valence-corrected chi connectivity index (χ2v) is 7.68. The monoisotopic (exact) mass is 332 g/mol. The molecular weight excluding hydrogens is 308 g/mol. The number of anilines is 2. The van der Waals surface area contributed by atoms with E-state index in [1.807, 2.05) is 0 Å². The zero-order chi connectivity index (χ0) is 16.9. The number of amides is 1. The standard InChI is InChI=1S/C17H24N4O3/c18-16(23)12-7-19-14(20-8-22)3-13(12)21-15-10-1-9-2-11(15)6-17(24,4-9)5-10/h3,7,9-11,15,22,24H,1-2,4-6,8H2,(H2,18,23)(H2,19,20,21)/t9?,10-,11+,15?,17?. The molecule has 24 heavy (non-hydrogen) atoms. The lowest BCUT2D eigenvalue weighted by molar-refractivity contribution is -0.129. The van der Waals surface area contributed by atoms with Crippen molar-refractivity contribution in [3.63, 3.8) is 0 Å². The molecule has 5 rings (SSSR count). The first kappa shape index (κ1) is 15.7.